The van der Waals surface area contributed by atoms with Crippen LogP contribution < -0.4 is 10.9 Å². The summed E-state index contributed by atoms with van der Waals surface area (Å²) >= 11 is 0. The monoisotopic (exact) mass is 459 g/mol. The van der Waals surface area contributed by atoms with Crippen molar-refractivity contribution in [2.75, 3.05) is 5.32 Å². The highest BCUT2D eigenvalue weighted by molar-refractivity contribution is 6.01. The van der Waals surface area contributed by atoms with Crippen LogP contribution in [0.15, 0.2) is 64.1 Å². The minimum absolute atomic E-state index is 0.0143. The molecule has 0 fully saturated rings. The number of para-hydroxylation sites is 1. The van der Waals surface area contributed by atoms with Crippen LogP contribution in [0.5, 0.6) is 0 Å². The maximum absolute atomic E-state index is 12.7. The Morgan fingerprint density at radius 1 is 1.15 bits per heavy atom. The molecule has 2 aromatic heterocycles. The highest BCUT2D eigenvalue weighted by Crippen LogP contribution is 2.30. The van der Waals surface area contributed by atoms with Crippen LogP contribution in [0.1, 0.15) is 12.5 Å². The first kappa shape index (κ1) is 22.1. The molecule has 0 saturated heterocycles. The average molecular weight is 459 g/mol. The van der Waals surface area contributed by atoms with Crippen molar-refractivity contribution in [1.82, 2.24) is 9.55 Å². The number of ether oxygens (including phenoxy) is 1. The molecule has 0 radical (unpaired) electrons. The second-order valence-corrected chi connectivity index (χ2v) is 7.15. The smallest absolute Gasteiger partial charge is 0.416 e. The maximum atomic E-state index is 12.7. The lowest BCUT2D eigenvalue weighted by molar-refractivity contribution is -0.153. The van der Waals surface area contributed by atoms with Crippen LogP contribution in [0.25, 0.3) is 22.1 Å². The van der Waals surface area contributed by atoms with Crippen molar-refractivity contribution in [3.63, 3.8) is 0 Å². The van der Waals surface area contributed by atoms with Crippen molar-refractivity contribution in [2.45, 2.75) is 25.7 Å². The number of nitrogens with zero attached hydrogens (tertiary/aromatic N) is 2. The highest BCUT2D eigenvalue weighted by atomic mass is 19.4. The molecule has 2 aromatic carbocycles. The van der Waals surface area contributed by atoms with Gasteiger partial charge in [0.05, 0.1) is 11.9 Å². The summed E-state index contributed by atoms with van der Waals surface area (Å²) in [6, 6.07) is 10.8. The van der Waals surface area contributed by atoms with Gasteiger partial charge in [0, 0.05) is 11.1 Å². The molecule has 0 aliphatic rings. The van der Waals surface area contributed by atoms with E-state index < -0.39 is 41.8 Å². The fraction of sp³-hybridized carbons (Fsp3) is 0.182. The average Bonchev–Trinajstić information content (AvgIpc) is 3.15. The van der Waals surface area contributed by atoms with Crippen molar-refractivity contribution < 1.29 is 31.9 Å². The molecule has 1 atom stereocenters. The van der Waals surface area contributed by atoms with Crippen LogP contribution >= 0.6 is 0 Å². The van der Waals surface area contributed by atoms with Gasteiger partial charge in [0.2, 0.25) is 5.58 Å². The number of fused-ring (bicyclic) bond motifs is 3. The quantitative estimate of drug-likeness (QED) is 0.456. The number of carbonyl (C=O) groups excluding carboxylic acids is 2. The molecule has 170 valence electrons. The summed E-state index contributed by atoms with van der Waals surface area (Å²) in [6.45, 7) is 0.775. The number of hydrogen-bond acceptors (Lipinski definition) is 6. The van der Waals surface area contributed by atoms with Gasteiger partial charge >= 0.3 is 12.1 Å². The van der Waals surface area contributed by atoms with Gasteiger partial charge < -0.3 is 14.5 Å². The summed E-state index contributed by atoms with van der Waals surface area (Å²) in [7, 11) is 0. The topological polar surface area (TPSA) is 103 Å². The maximum Gasteiger partial charge on any atom is 0.416 e. The van der Waals surface area contributed by atoms with Crippen molar-refractivity contribution in [2.24, 2.45) is 0 Å². The van der Waals surface area contributed by atoms with E-state index in [1.165, 1.54) is 13.3 Å². The molecule has 1 N–H and O–H groups in total. The molecule has 0 spiro atoms. The molecule has 11 heteroatoms. The molecular weight excluding hydrogens is 443 g/mol. The molecule has 2 heterocycles. The number of aromatic nitrogens is 2. The van der Waals surface area contributed by atoms with Crippen LogP contribution in [0.4, 0.5) is 18.9 Å². The fourth-order valence-electron chi connectivity index (χ4n) is 3.14. The molecule has 4 rings (SSSR count). The van der Waals surface area contributed by atoms with Crippen molar-refractivity contribution in [3.05, 3.63) is 70.8 Å². The van der Waals surface area contributed by atoms with Gasteiger partial charge in [-0.15, -0.1) is 0 Å². The molecule has 8 nitrogen and oxygen atoms in total. The first-order chi connectivity index (χ1) is 15.6. The summed E-state index contributed by atoms with van der Waals surface area (Å²) in [4.78, 5) is 41.3. The number of benzene rings is 2. The minimum atomic E-state index is -4.50. The van der Waals surface area contributed by atoms with E-state index in [-0.39, 0.29) is 11.3 Å². The third-order valence-corrected chi connectivity index (χ3v) is 4.81. The zero-order chi connectivity index (χ0) is 23.8. The van der Waals surface area contributed by atoms with E-state index in [0.717, 1.165) is 28.8 Å². The SMILES string of the molecule is CC(OC(=O)Cn1cnc2c(oc3ccccc32)c1=O)C(=O)Nc1ccc(C(F)(F)F)cc1. The molecule has 33 heavy (non-hydrogen) atoms. The molecule has 0 bridgehead atoms. The lowest BCUT2D eigenvalue weighted by Gasteiger charge is -2.14. The Labute approximate surface area is 183 Å². The van der Waals surface area contributed by atoms with Crippen molar-refractivity contribution in [1.29, 1.82) is 0 Å². The van der Waals surface area contributed by atoms with Gasteiger partial charge in [-0.3, -0.25) is 19.0 Å². The Morgan fingerprint density at radius 3 is 2.55 bits per heavy atom. The highest BCUT2D eigenvalue weighted by Gasteiger charge is 2.30. The Hall–Kier alpha value is -4.15. The first-order valence-electron chi connectivity index (χ1n) is 9.68. The molecule has 4 aromatic rings. The molecular formula is C22H16F3N3O5. The van der Waals surface area contributed by atoms with E-state index >= 15 is 0 Å². The number of alkyl halides is 3. The number of carbonyl (C=O) groups is 2. The van der Waals surface area contributed by atoms with E-state index in [9.17, 15) is 27.6 Å². The Bertz CT molecular complexity index is 1410. The Kier molecular flexibility index (Phi) is 5.62. The Balaban J connectivity index is 1.41. The lowest BCUT2D eigenvalue weighted by atomic mass is 10.2. The summed E-state index contributed by atoms with van der Waals surface area (Å²) in [5, 5.41) is 3.02. The number of halogens is 3. The molecule has 0 aliphatic heterocycles. The van der Waals surface area contributed by atoms with Crippen LogP contribution in [0.3, 0.4) is 0 Å². The third-order valence-electron chi connectivity index (χ3n) is 4.81. The van der Waals surface area contributed by atoms with Gasteiger partial charge in [-0.25, -0.2) is 4.98 Å². The van der Waals surface area contributed by atoms with E-state index in [2.05, 4.69) is 10.3 Å². The predicted molar refractivity (Wildman–Crippen MR) is 111 cm³/mol. The number of amides is 1. The van der Waals surface area contributed by atoms with Gasteiger partial charge in [-0.2, -0.15) is 13.2 Å². The lowest BCUT2D eigenvalue weighted by Crippen LogP contribution is -2.33. The summed E-state index contributed by atoms with van der Waals surface area (Å²) in [5.74, 6) is -1.63. The normalized spacial score (nSPS) is 12.6. The largest absolute Gasteiger partial charge is 0.451 e. The van der Waals surface area contributed by atoms with E-state index in [0.29, 0.717) is 16.5 Å². The van der Waals surface area contributed by atoms with Crippen LogP contribution in [-0.4, -0.2) is 27.5 Å². The first-order valence-corrected chi connectivity index (χ1v) is 9.68. The second kappa shape index (κ2) is 8.41. The van der Waals surface area contributed by atoms with Gasteiger partial charge in [-0.05, 0) is 43.3 Å². The minimum Gasteiger partial charge on any atom is -0.451 e. The molecule has 0 aliphatic carbocycles. The zero-order valence-electron chi connectivity index (χ0n) is 17.1. The number of furan rings is 1. The summed E-state index contributed by atoms with van der Waals surface area (Å²) in [5.41, 5.74) is -0.516. The predicted octanol–water partition coefficient (Wildman–Crippen LogP) is 3.73. The molecule has 0 saturated carbocycles. The van der Waals surface area contributed by atoms with Gasteiger partial charge in [0.25, 0.3) is 11.5 Å². The van der Waals surface area contributed by atoms with Gasteiger partial charge in [0.1, 0.15) is 17.6 Å². The summed E-state index contributed by atoms with van der Waals surface area (Å²) < 4.78 is 49.4. The van der Waals surface area contributed by atoms with E-state index in [4.69, 9.17) is 9.15 Å². The van der Waals surface area contributed by atoms with E-state index in [1.54, 1.807) is 24.3 Å². The number of nitrogens with one attached hydrogen (secondary N) is 1. The van der Waals surface area contributed by atoms with Crippen molar-refractivity contribution >= 4 is 39.6 Å². The molecule has 1 unspecified atom stereocenters. The van der Waals surface area contributed by atoms with E-state index in [1.807, 2.05) is 0 Å². The van der Waals surface area contributed by atoms with Crippen LogP contribution in [-0.2, 0) is 27.0 Å². The standard InChI is InChI=1S/C22H16F3N3O5/c1-12(20(30)27-14-8-6-13(7-9-14)22(23,24)25)32-17(29)10-28-11-26-18-15-4-2-3-5-16(15)33-19(18)21(28)31/h2-9,11-12H,10H2,1H3,(H,27,30). The zero-order valence-corrected chi connectivity index (χ0v) is 17.1. The Morgan fingerprint density at radius 2 is 1.85 bits per heavy atom. The van der Waals surface area contributed by atoms with Gasteiger partial charge in [-0.1, -0.05) is 12.1 Å². The van der Waals surface area contributed by atoms with Crippen LogP contribution in [0, 0.1) is 0 Å². The number of esters is 1. The third kappa shape index (κ3) is 4.56. The molecule has 1 amide bonds. The number of hydrogen-bond donors (Lipinski definition) is 1. The fourth-order valence-corrected chi connectivity index (χ4v) is 3.14. The number of anilines is 1. The number of rotatable bonds is 5. The van der Waals surface area contributed by atoms with Crippen LogP contribution in [0.2, 0.25) is 0 Å². The van der Waals surface area contributed by atoms with Gasteiger partial charge in [0.15, 0.2) is 6.10 Å². The summed E-state index contributed by atoms with van der Waals surface area (Å²) in [6.07, 6.45) is -4.58. The second-order valence-electron chi connectivity index (χ2n) is 7.15. The van der Waals surface area contributed by atoms with Crippen molar-refractivity contribution in [3.8, 4) is 0 Å².